The molecule has 4 N–H and O–H groups in total. The number of fused-ring (bicyclic) bond motifs is 9. The first-order chi connectivity index (χ1) is 22.7. The fourth-order valence-electron chi connectivity index (χ4n) is 7.73. The number of hydrogen-bond donors (Lipinski definition) is 4. The smallest absolute Gasteiger partial charge is 0.471 e. The van der Waals surface area contributed by atoms with Crippen molar-refractivity contribution in [3.8, 4) is 28.7 Å². The molecule has 4 bridgehead atoms. The van der Waals surface area contributed by atoms with E-state index in [2.05, 4.69) is 5.32 Å². The largest absolute Gasteiger partial charge is 0.504 e. The molecule has 48 heavy (non-hydrogen) atoms. The number of ether oxygens (including phenoxy) is 5. The molecular weight excluding hydrogens is 663 g/mol. The van der Waals surface area contributed by atoms with Gasteiger partial charge >= 0.3 is 24.0 Å². The molecule has 7 rings (SSSR count). The quantitative estimate of drug-likeness (QED) is 0.274. The molecule has 13 nitrogen and oxygen atoms in total. The highest BCUT2D eigenvalue weighted by Crippen LogP contribution is 2.62. The minimum absolute atomic E-state index is 0.109. The van der Waals surface area contributed by atoms with Crippen LogP contribution < -0.4 is 29.6 Å². The lowest BCUT2D eigenvalue weighted by atomic mass is 9.74. The van der Waals surface area contributed by atoms with Crippen molar-refractivity contribution >= 4 is 29.6 Å². The van der Waals surface area contributed by atoms with Crippen LogP contribution in [0.1, 0.15) is 57.6 Å². The molecular formula is C31H32F3N3O10S. The second-order valence-electron chi connectivity index (χ2n) is 12.3. The van der Waals surface area contributed by atoms with Crippen LogP contribution in [-0.2, 0) is 25.5 Å². The van der Waals surface area contributed by atoms with Gasteiger partial charge in [0, 0.05) is 41.0 Å². The number of alkyl halides is 3. The number of aliphatic hydroxyl groups excluding tert-OH is 1. The number of aryl methyl sites for hydroxylation is 1. The number of carbonyl (C=O) groups excluding carboxylic acids is 3. The number of piperazine rings is 1. The SMILES string of the molecule is COc1c(C)cc2c(c1O)C1NC(C2)[C@H](O)N2C1[C@@H]1SCC(NC(=O)C(F)(F)F)C(=O)OC[C@H]2c2c3c(c(C)c(OC(C)=O)c21)OCO3. The molecule has 2 aromatic carbocycles. The third-order valence-corrected chi connectivity index (χ3v) is 10.9. The van der Waals surface area contributed by atoms with Gasteiger partial charge in [0.25, 0.3) is 0 Å². The predicted molar refractivity (Wildman–Crippen MR) is 160 cm³/mol. The molecule has 5 aliphatic heterocycles. The first-order valence-electron chi connectivity index (χ1n) is 15.1. The summed E-state index contributed by atoms with van der Waals surface area (Å²) in [6.07, 6.45) is -6.13. The van der Waals surface area contributed by atoms with Crippen molar-refractivity contribution in [2.24, 2.45) is 0 Å². The third kappa shape index (κ3) is 4.92. The van der Waals surface area contributed by atoms with Gasteiger partial charge in [0.1, 0.15) is 24.6 Å². The molecule has 0 aliphatic carbocycles. The van der Waals surface area contributed by atoms with Crippen LogP contribution in [-0.4, -0.2) is 89.8 Å². The number of hydrogen-bond acceptors (Lipinski definition) is 13. The summed E-state index contributed by atoms with van der Waals surface area (Å²) in [6, 6.07) is -2.86. The molecule has 0 saturated carbocycles. The van der Waals surface area contributed by atoms with Crippen LogP contribution >= 0.6 is 11.8 Å². The van der Waals surface area contributed by atoms with Gasteiger partial charge in [-0.25, -0.2) is 4.79 Å². The van der Waals surface area contributed by atoms with Gasteiger partial charge in [-0.2, -0.15) is 13.2 Å². The van der Waals surface area contributed by atoms with Gasteiger partial charge < -0.3 is 44.5 Å². The van der Waals surface area contributed by atoms with Crippen molar-refractivity contribution < 1.29 is 61.5 Å². The van der Waals surface area contributed by atoms with Gasteiger partial charge in [-0.3, -0.25) is 14.5 Å². The number of benzene rings is 2. The van der Waals surface area contributed by atoms with E-state index in [1.54, 1.807) is 24.1 Å². The molecule has 1 amide bonds. The molecule has 2 aromatic rings. The lowest BCUT2D eigenvalue weighted by Gasteiger charge is -2.59. The molecule has 0 radical (unpaired) electrons. The Bertz CT molecular complexity index is 1740. The normalized spacial score (nSPS) is 28.8. The van der Waals surface area contributed by atoms with Crippen LogP contribution in [0.4, 0.5) is 13.2 Å². The van der Waals surface area contributed by atoms with E-state index in [1.807, 2.05) is 6.07 Å². The number of nitrogens with zero attached hydrogens (tertiary/aromatic N) is 1. The number of thioether (sulfide) groups is 1. The van der Waals surface area contributed by atoms with Gasteiger partial charge in [0.2, 0.25) is 6.79 Å². The van der Waals surface area contributed by atoms with E-state index in [0.717, 1.165) is 17.3 Å². The zero-order valence-corrected chi connectivity index (χ0v) is 26.9. The standard InChI is InChI=1S/C31H32F3N3O10S/c1-10-5-13-6-14-28(40)37-16-7-44-29(41)15(36-30(42)31(32,33)34)8-48-27(21(37)20(35-14)17(13)22(39)23(10)43-4)19-18(16)26-25(45-9-46-26)11(2)24(19)47-12(3)38/h5,14-16,20-21,27-28,35,39-40H,6-9H2,1-4H3,(H,36,42)/t14?,15?,16-,20?,21?,27+,28-/m0/s1. The number of nitrogens with one attached hydrogen (secondary N) is 2. The minimum Gasteiger partial charge on any atom is -0.504 e. The number of aromatic hydroxyl groups is 1. The van der Waals surface area contributed by atoms with Crippen LogP contribution in [0, 0.1) is 13.8 Å². The number of esters is 2. The van der Waals surface area contributed by atoms with Crippen LogP contribution in [0.5, 0.6) is 28.7 Å². The predicted octanol–water partition coefficient (Wildman–Crippen LogP) is 2.36. The van der Waals surface area contributed by atoms with E-state index in [9.17, 15) is 37.8 Å². The maximum Gasteiger partial charge on any atom is 0.471 e. The number of aliphatic hydroxyl groups is 1. The van der Waals surface area contributed by atoms with Crippen molar-refractivity contribution in [3.63, 3.8) is 0 Å². The number of phenols is 1. The monoisotopic (exact) mass is 695 g/mol. The number of rotatable bonds is 3. The van der Waals surface area contributed by atoms with Crippen molar-refractivity contribution in [2.75, 3.05) is 26.3 Å². The first-order valence-corrected chi connectivity index (χ1v) is 16.2. The number of halogens is 3. The van der Waals surface area contributed by atoms with Crippen molar-refractivity contribution in [1.29, 1.82) is 0 Å². The van der Waals surface area contributed by atoms with Crippen LogP contribution in [0.15, 0.2) is 6.07 Å². The summed E-state index contributed by atoms with van der Waals surface area (Å²) in [7, 11) is 1.43. The summed E-state index contributed by atoms with van der Waals surface area (Å²) in [5, 5.41) is 28.0. The number of cyclic esters (lactones) is 1. The van der Waals surface area contributed by atoms with E-state index in [1.165, 1.54) is 14.0 Å². The highest BCUT2D eigenvalue weighted by atomic mass is 32.2. The molecule has 2 saturated heterocycles. The molecule has 4 unspecified atom stereocenters. The number of carbonyl (C=O) groups is 3. The molecule has 7 atom stereocenters. The maximum atomic E-state index is 13.3. The maximum absolute atomic E-state index is 13.3. The molecule has 0 aromatic heterocycles. The Kier molecular flexibility index (Phi) is 7.88. The van der Waals surface area contributed by atoms with E-state index in [4.69, 9.17) is 23.7 Å². The Morgan fingerprint density at radius 3 is 2.54 bits per heavy atom. The summed E-state index contributed by atoms with van der Waals surface area (Å²) < 4.78 is 68.6. The summed E-state index contributed by atoms with van der Waals surface area (Å²) >= 11 is 1.01. The number of amides is 1. The van der Waals surface area contributed by atoms with E-state index in [0.29, 0.717) is 45.7 Å². The molecule has 2 fully saturated rings. The lowest BCUT2D eigenvalue weighted by Crippen LogP contribution is -2.69. The molecule has 5 aliphatic rings. The fourth-order valence-corrected chi connectivity index (χ4v) is 9.24. The second kappa shape index (κ2) is 11.6. The van der Waals surface area contributed by atoms with Crippen LogP contribution in [0.25, 0.3) is 0 Å². The Morgan fingerprint density at radius 2 is 1.85 bits per heavy atom. The van der Waals surface area contributed by atoms with Crippen LogP contribution in [0.2, 0.25) is 0 Å². The van der Waals surface area contributed by atoms with Crippen LogP contribution in [0.3, 0.4) is 0 Å². The lowest BCUT2D eigenvalue weighted by molar-refractivity contribution is -0.176. The zero-order valence-electron chi connectivity index (χ0n) is 26.1. The van der Waals surface area contributed by atoms with Crippen molar-refractivity contribution in [2.45, 2.75) is 75.1 Å². The fraction of sp³-hybridized carbons (Fsp3) is 0.516. The molecule has 5 heterocycles. The van der Waals surface area contributed by atoms with E-state index in [-0.39, 0.29) is 24.0 Å². The molecule has 17 heteroatoms. The van der Waals surface area contributed by atoms with Gasteiger partial charge in [-0.05, 0) is 31.4 Å². The summed E-state index contributed by atoms with van der Waals surface area (Å²) in [5.41, 5.74) is 3.24. The Balaban J connectivity index is 1.47. The van der Waals surface area contributed by atoms with Gasteiger partial charge in [-0.1, -0.05) is 6.07 Å². The highest BCUT2D eigenvalue weighted by Gasteiger charge is 2.58. The first kappa shape index (κ1) is 32.6. The Labute approximate surface area is 276 Å². The summed E-state index contributed by atoms with van der Waals surface area (Å²) in [6.45, 7) is 4.04. The Hall–Kier alpha value is -3.93. The number of methoxy groups -OCH3 is 1. The second-order valence-corrected chi connectivity index (χ2v) is 13.5. The van der Waals surface area contributed by atoms with E-state index < -0.39 is 78.1 Å². The topological polar surface area (TPSA) is 165 Å². The Morgan fingerprint density at radius 1 is 1.12 bits per heavy atom. The summed E-state index contributed by atoms with van der Waals surface area (Å²) in [5.74, 6) is -3.58. The van der Waals surface area contributed by atoms with Gasteiger partial charge in [0.15, 0.2) is 23.0 Å². The van der Waals surface area contributed by atoms with Crippen molar-refractivity contribution in [1.82, 2.24) is 15.5 Å². The zero-order chi connectivity index (χ0) is 34.4. The third-order valence-electron chi connectivity index (χ3n) is 9.54. The highest BCUT2D eigenvalue weighted by molar-refractivity contribution is 7.99. The average Bonchev–Trinajstić information content (AvgIpc) is 3.51. The molecule has 0 spiro atoms. The summed E-state index contributed by atoms with van der Waals surface area (Å²) in [4.78, 5) is 39.5. The number of phenolic OH excluding ortho intramolecular Hbond substituents is 1. The average molecular weight is 696 g/mol. The minimum atomic E-state index is -5.26. The van der Waals surface area contributed by atoms with Crippen molar-refractivity contribution in [3.05, 3.63) is 39.4 Å². The van der Waals surface area contributed by atoms with E-state index >= 15 is 0 Å². The van der Waals surface area contributed by atoms with Gasteiger partial charge in [-0.15, -0.1) is 11.8 Å². The van der Waals surface area contributed by atoms with Gasteiger partial charge in [0.05, 0.1) is 30.5 Å². The molecule has 258 valence electrons.